The SMILES string of the molecule is CC(C)OCCS(=O)(=O)N1CC2CNCC2C1. The number of sulfonamides is 1. The molecule has 1 N–H and O–H groups in total. The average molecular weight is 262 g/mol. The quantitative estimate of drug-likeness (QED) is 0.751. The fourth-order valence-corrected chi connectivity index (χ4v) is 3.96. The Bertz CT molecular complexity index is 344. The minimum absolute atomic E-state index is 0.0901. The van der Waals surface area contributed by atoms with Crippen molar-refractivity contribution in [2.75, 3.05) is 38.5 Å². The summed E-state index contributed by atoms with van der Waals surface area (Å²) in [5, 5.41) is 3.31. The molecule has 0 amide bonds. The molecule has 0 aromatic rings. The van der Waals surface area contributed by atoms with Crippen molar-refractivity contribution in [1.29, 1.82) is 0 Å². The highest BCUT2D eigenvalue weighted by Gasteiger charge is 2.40. The fourth-order valence-electron chi connectivity index (χ4n) is 2.56. The van der Waals surface area contributed by atoms with E-state index in [9.17, 15) is 8.42 Å². The average Bonchev–Trinajstić information content (AvgIpc) is 2.74. The van der Waals surface area contributed by atoms with E-state index >= 15 is 0 Å². The third kappa shape index (κ3) is 3.19. The van der Waals surface area contributed by atoms with Gasteiger partial charge in [0.2, 0.25) is 10.0 Å². The Morgan fingerprint density at radius 2 is 1.88 bits per heavy atom. The van der Waals surface area contributed by atoms with Crippen molar-refractivity contribution in [2.45, 2.75) is 20.0 Å². The van der Waals surface area contributed by atoms with Gasteiger partial charge in [-0.15, -0.1) is 0 Å². The second-order valence-corrected chi connectivity index (χ2v) is 7.32. The first-order valence-electron chi connectivity index (χ1n) is 6.29. The molecule has 2 aliphatic heterocycles. The molecule has 0 aromatic carbocycles. The predicted octanol–water partition coefficient (Wildman–Crippen LogP) is -0.108. The summed E-state index contributed by atoms with van der Waals surface area (Å²) in [7, 11) is -3.12. The lowest BCUT2D eigenvalue weighted by molar-refractivity contribution is 0.0907. The van der Waals surface area contributed by atoms with Gasteiger partial charge < -0.3 is 10.1 Å². The maximum Gasteiger partial charge on any atom is 0.216 e. The molecule has 2 aliphatic rings. The van der Waals surface area contributed by atoms with Crippen molar-refractivity contribution < 1.29 is 13.2 Å². The van der Waals surface area contributed by atoms with Gasteiger partial charge in [-0.2, -0.15) is 0 Å². The Morgan fingerprint density at radius 1 is 1.29 bits per heavy atom. The van der Waals surface area contributed by atoms with Crippen LogP contribution in [0, 0.1) is 11.8 Å². The summed E-state index contributed by atoms with van der Waals surface area (Å²) in [6.07, 6.45) is 0.0901. The second kappa shape index (κ2) is 5.22. The number of hydrogen-bond donors (Lipinski definition) is 1. The van der Waals surface area contributed by atoms with Crippen molar-refractivity contribution in [2.24, 2.45) is 11.8 Å². The highest BCUT2D eigenvalue weighted by molar-refractivity contribution is 7.89. The summed E-state index contributed by atoms with van der Waals surface area (Å²) in [6.45, 7) is 7.41. The third-order valence-electron chi connectivity index (χ3n) is 3.54. The third-order valence-corrected chi connectivity index (χ3v) is 5.31. The minimum Gasteiger partial charge on any atom is -0.378 e. The molecular weight excluding hydrogens is 240 g/mol. The monoisotopic (exact) mass is 262 g/mol. The fraction of sp³-hybridized carbons (Fsp3) is 1.00. The predicted molar refractivity (Wildman–Crippen MR) is 66.3 cm³/mol. The molecular formula is C11H22N2O3S. The summed E-state index contributed by atoms with van der Waals surface area (Å²) < 4.78 is 31.1. The zero-order chi connectivity index (χ0) is 12.5. The van der Waals surface area contributed by atoms with Crippen molar-refractivity contribution in [3.8, 4) is 0 Å². The number of ether oxygens (including phenoxy) is 1. The molecule has 0 radical (unpaired) electrons. The smallest absolute Gasteiger partial charge is 0.216 e. The highest BCUT2D eigenvalue weighted by Crippen LogP contribution is 2.28. The van der Waals surface area contributed by atoms with E-state index in [1.165, 1.54) is 0 Å². The van der Waals surface area contributed by atoms with Crippen molar-refractivity contribution in [3.63, 3.8) is 0 Å². The first kappa shape index (κ1) is 13.3. The molecule has 17 heavy (non-hydrogen) atoms. The van der Waals surface area contributed by atoms with Crippen molar-refractivity contribution in [1.82, 2.24) is 9.62 Å². The van der Waals surface area contributed by atoms with E-state index in [0.29, 0.717) is 31.5 Å². The van der Waals surface area contributed by atoms with Crippen LogP contribution >= 0.6 is 0 Å². The molecule has 6 heteroatoms. The van der Waals surface area contributed by atoms with Crippen LogP contribution in [0.25, 0.3) is 0 Å². The van der Waals surface area contributed by atoms with E-state index in [1.54, 1.807) is 4.31 Å². The van der Waals surface area contributed by atoms with Gasteiger partial charge in [-0.3, -0.25) is 0 Å². The molecule has 0 saturated carbocycles. The van der Waals surface area contributed by atoms with Crippen LogP contribution in [0.2, 0.25) is 0 Å². The Balaban J connectivity index is 1.84. The summed E-state index contributed by atoms with van der Waals surface area (Å²) >= 11 is 0. The molecule has 2 rings (SSSR count). The lowest BCUT2D eigenvalue weighted by Gasteiger charge is -2.17. The first-order chi connectivity index (χ1) is 7.99. The largest absolute Gasteiger partial charge is 0.378 e. The van der Waals surface area contributed by atoms with Crippen LogP contribution in [-0.4, -0.2) is 57.4 Å². The number of nitrogens with zero attached hydrogens (tertiary/aromatic N) is 1. The molecule has 100 valence electrons. The standard InChI is InChI=1S/C11H22N2O3S/c1-9(2)16-3-4-17(14,15)13-7-10-5-12-6-11(10)8-13/h9-12H,3-8H2,1-2H3. The molecule has 2 fully saturated rings. The maximum atomic E-state index is 12.1. The van der Waals surface area contributed by atoms with E-state index in [-0.39, 0.29) is 11.9 Å². The van der Waals surface area contributed by atoms with Crippen LogP contribution in [-0.2, 0) is 14.8 Å². The first-order valence-corrected chi connectivity index (χ1v) is 7.90. The second-order valence-electron chi connectivity index (χ2n) is 5.23. The number of hydrogen-bond acceptors (Lipinski definition) is 4. The Kier molecular flexibility index (Phi) is 4.07. The van der Waals surface area contributed by atoms with E-state index in [1.807, 2.05) is 13.8 Å². The van der Waals surface area contributed by atoms with Crippen LogP contribution < -0.4 is 5.32 Å². The molecule has 2 saturated heterocycles. The van der Waals surface area contributed by atoms with Crippen LogP contribution in [0.1, 0.15) is 13.8 Å². The molecule has 0 bridgehead atoms. The topological polar surface area (TPSA) is 58.6 Å². The molecule has 2 heterocycles. The molecule has 2 unspecified atom stereocenters. The molecule has 0 aliphatic carbocycles. The lowest BCUT2D eigenvalue weighted by Crippen LogP contribution is -2.35. The van der Waals surface area contributed by atoms with E-state index < -0.39 is 10.0 Å². The van der Waals surface area contributed by atoms with Gasteiger partial charge >= 0.3 is 0 Å². The molecule has 5 nitrogen and oxygen atoms in total. The summed E-state index contributed by atoms with van der Waals surface area (Å²) in [6, 6.07) is 0. The summed E-state index contributed by atoms with van der Waals surface area (Å²) in [4.78, 5) is 0. The number of rotatable bonds is 5. The minimum atomic E-state index is -3.12. The van der Waals surface area contributed by atoms with Gasteiger partial charge in [0.15, 0.2) is 0 Å². The van der Waals surface area contributed by atoms with Gasteiger partial charge in [-0.05, 0) is 38.8 Å². The molecule has 2 atom stereocenters. The van der Waals surface area contributed by atoms with Crippen LogP contribution in [0.15, 0.2) is 0 Å². The van der Waals surface area contributed by atoms with E-state index in [0.717, 1.165) is 13.1 Å². The Labute approximate surface area is 104 Å². The number of nitrogens with one attached hydrogen (secondary N) is 1. The van der Waals surface area contributed by atoms with Gasteiger partial charge in [-0.25, -0.2) is 12.7 Å². The highest BCUT2D eigenvalue weighted by atomic mass is 32.2. The van der Waals surface area contributed by atoms with Gasteiger partial charge in [0.1, 0.15) is 0 Å². The Hall–Kier alpha value is -0.170. The zero-order valence-electron chi connectivity index (χ0n) is 10.6. The maximum absolute atomic E-state index is 12.1. The van der Waals surface area contributed by atoms with Crippen LogP contribution in [0.3, 0.4) is 0 Å². The molecule has 0 aromatic heterocycles. The summed E-state index contributed by atoms with van der Waals surface area (Å²) in [5.41, 5.74) is 0. The van der Waals surface area contributed by atoms with Crippen molar-refractivity contribution in [3.05, 3.63) is 0 Å². The van der Waals surface area contributed by atoms with Gasteiger partial charge in [0.05, 0.1) is 18.5 Å². The zero-order valence-corrected chi connectivity index (χ0v) is 11.4. The lowest BCUT2D eigenvalue weighted by atomic mass is 10.0. The van der Waals surface area contributed by atoms with E-state index in [4.69, 9.17) is 4.74 Å². The van der Waals surface area contributed by atoms with Crippen molar-refractivity contribution >= 4 is 10.0 Å². The van der Waals surface area contributed by atoms with Gasteiger partial charge in [0.25, 0.3) is 0 Å². The van der Waals surface area contributed by atoms with Gasteiger partial charge in [0, 0.05) is 13.1 Å². The Morgan fingerprint density at radius 3 is 2.41 bits per heavy atom. The normalized spacial score (nSPS) is 30.1. The van der Waals surface area contributed by atoms with Gasteiger partial charge in [-0.1, -0.05) is 0 Å². The number of fused-ring (bicyclic) bond motifs is 1. The van der Waals surface area contributed by atoms with Crippen LogP contribution in [0.4, 0.5) is 0 Å². The molecule has 0 spiro atoms. The van der Waals surface area contributed by atoms with Crippen LogP contribution in [0.5, 0.6) is 0 Å². The summed E-state index contributed by atoms with van der Waals surface area (Å²) in [5.74, 6) is 1.13. The van der Waals surface area contributed by atoms with E-state index in [2.05, 4.69) is 5.32 Å².